The number of rotatable bonds is 5. The second-order valence-electron chi connectivity index (χ2n) is 6.37. The first-order chi connectivity index (χ1) is 9.16. The fourth-order valence-corrected chi connectivity index (χ4v) is 3.39. The second kappa shape index (κ2) is 7.33. The molecule has 0 heterocycles. The molecule has 1 aromatic rings. The van der Waals surface area contributed by atoms with Crippen LogP contribution in [0.25, 0.3) is 0 Å². The smallest absolute Gasteiger partial charge is 0.0585 e. The Labute approximate surface area is 123 Å². The van der Waals surface area contributed by atoms with Gasteiger partial charge in [0.2, 0.25) is 0 Å². The third-order valence-electron chi connectivity index (χ3n) is 4.52. The van der Waals surface area contributed by atoms with Crippen molar-refractivity contribution in [3.8, 4) is 0 Å². The highest BCUT2D eigenvalue weighted by Crippen LogP contribution is 2.33. The molecule has 1 aromatic carbocycles. The van der Waals surface area contributed by atoms with Crippen molar-refractivity contribution in [1.82, 2.24) is 0 Å². The molecule has 1 saturated carbocycles. The number of benzene rings is 1. The first-order valence-corrected chi connectivity index (χ1v) is 8.34. The highest BCUT2D eigenvalue weighted by atomic mass is 35.5. The van der Waals surface area contributed by atoms with Gasteiger partial charge >= 0.3 is 0 Å². The molecule has 1 unspecified atom stereocenters. The van der Waals surface area contributed by atoms with Crippen LogP contribution in [0.4, 0.5) is 0 Å². The van der Waals surface area contributed by atoms with Gasteiger partial charge in [0.05, 0.1) is 5.38 Å². The zero-order chi connectivity index (χ0) is 13.7. The average Bonchev–Trinajstić information content (AvgIpc) is 2.46. The zero-order valence-electron chi connectivity index (χ0n) is 12.4. The van der Waals surface area contributed by atoms with E-state index in [1.54, 1.807) is 0 Å². The monoisotopic (exact) mass is 278 g/mol. The van der Waals surface area contributed by atoms with Crippen LogP contribution >= 0.6 is 11.6 Å². The minimum atomic E-state index is 0.197. The maximum Gasteiger partial charge on any atom is 0.0585 e. The van der Waals surface area contributed by atoms with E-state index in [9.17, 15) is 0 Å². The lowest BCUT2D eigenvalue weighted by molar-refractivity contribution is 0.331. The van der Waals surface area contributed by atoms with E-state index in [-0.39, 0.29) is 5.38 Å². The van der Waals surface area contributed by atoms with Gasteiger partial charge in [-0.1, -0.05) is 70.2 Å². The predicted molar refractivity (Wildman–Crippen MR) is 84.9 cm³/mol. The van der Waals surface area contributed by atoms with Gasteiger partial charge in [-0.05, 0) is 35.8 Å². The van der Waals surface area contributed by atoms with Gasteiger partial charge in [0.25, 0.3) is 0 Å². The minimum absolute atomic E-state index is 0.197. The van der Waals surface area contributed by atoms with E-state index < -0.39 is 0 Å². The highest BCUT2D eigenvalue weighted by Gasteiger charge is 2.16. The minimum Gasteiger partial charge on any atom is -0.118 e. The Bertz CT molecular complexity index is 360. The molecule has 1 heteroatoms. The van der Waals surface area contributed by atoms with Crippen molar-refractivity contribution in [2.24, 2.45) is 5.92 Å². The first kappa shape index (κ1) is 14.9. The molecule has 0 amide bonds. The topological polar surface area (TPSA) is 0 Å². The summed E-state index contributed by atoms with van der Waals surface area (Å²) in [6.07, 6.45) is 9.60. The van der Waals surface area contributed by atoms with Gasteiger partial charge in [-0.15, -0.1) is 11.6 Å². The highest BCUT2D eigenvalue weighted by molar-refractivity contribution is 6.20. The van der Waals surface area contributed by atoms with Crippen LogP contribution in [0.1, 0.15) is 81.2 Å². The molecule has 0 saturated heterocycles. The van der Waals surface area contributed by atoms with E-state index in [1.807, 2.05) is 0 Å². The summed E-state index contributed by atoms with van der Waals surface area (Å²) in [5, 5.41) is 0.197. The molecule has 1 atom stereocenters. The van der Waals surface area contributed by atoms with E-state index in [0.717, 1.165) is 12.3 Å². The molecule has 0 bridgehead atoms. The molecule has 0 aliphatic heterocycles. The summed E-state index contributed by atoms with van der Waals surface area (Å²) >= 11 is 6.56. The Hall–Kier alpha value is -0.490. The van der Waals surface area contributed by atoms with Crippen molar-refractivity contribution < 1.29 is 0 Å². The number of hydrogen-bond donors (Lipinski definition) is 0. The van der Waals surface area contributed by atoms with Gasteiger partial charge in [0.15, 0.2) is 0 Å². The van der Waals surface area contributed by atoms with Crippen molar-refractivity contribution in [3.05, 3.63) is 35.4 Å². The van der Waals surface area contributed by atoms with Crippen molar-refractivity contribution in [3.63, 3.8) is 0 Å². The molecular weight excluding hydrogens is 252 g/mol. The zero-order valence-corrected chi connectivity index (χ0v) is 13.1. The van der Waals surface area contributed by atoms with Gasteiger partial charge in [0.1, 0.15) is 0 Å². The molecule has 1 fully saturated rings. The van der Waals surface area contributed by atoms with Gasteiger partial charge in [0, 0.05) is 0 Å². The Balaban J connectivity index is 1.83. The van der Waals surface area contributed by atoms with E-state index in [1.165, 1.54) is 49.7 Å². The Morgan fingerprint density at radius 1 is 1.00 bits per heavy atom. The van der Waals surface area contributed by atoms with Gasteiger partial charge < -0.3 is 0 Å². The third kappa shape index (κ3) is 4.53. The first-order valence-electron chi connectivity index (χ1n) is 7.90. The van der Waals surface area contributed by atoms with Crippen molar-refractivity contribution in [2.75, 3.05) is 0 Å². The van der Waals surface area contributed by atoms with Crippen LogP contribution in [-0.2, 0) is 0 Å². The van der Waals surface area contributed by atoms with Gasteiger partial charge in [-0.25, -0.2) is 0 Å². The molecule has 19 heavy (non-hydrogen) atoms. The van der Waals surface area contributed by atoms with Gasteiger partial charge in [-0.2, -0.15) is 0 Å². The fourth-order valence-electron chi connectivity index (χ4n) is 3.11. The molecule has 0 N–H and O–H groups in total. The number of halogens is 1. The SMILES string of the molecule is CC(C)c1ccc(C(Cl)CCC2CCCCC2)cc1. The Morgan fingerprint density at radius 3 is 2.16 bits per heavy atom. The van der Waals surface area contributed by atoms with Crippen LogP contribution in [-0.4, -0.2) is 0 Å². The maximum atomic E-state index is 6.56. The van der Waals surface area contributed by atoms with Crippen molar-refractivity contribution in [2.45, 2.75) is 70.1 Å². The largest absolute Gasteiger partial charge is 0.118 e. The van der Waals surface area contributed by atoms with E-state index in [2.05, 4.69) is 38.1 Å². The molecule has 106 valence electrons. The van der Waals surface area contributed by atoms with Crippen LogP contribution in [0, 0.1) is 5.92 Å². The van der Waals surface area contributed by atoms with Crippen LogP contribution < -0.4 is 0 Å². The van der Waals surface area contributed by atoms with Gasteiger partial charge in [-0.3, -0.25) is 0 Å². The summed E-state index contributed by atoms with van der Waals surface area (Å²) in [6.45, 7) is 4.46. The van der Waals surface area contributed by atoms with E-state index in [0.29, 0.717) is 5.92 Å². The van der Waals surface area contributed by atoms with Crippen LogP contribution in [0.15, 0.2) is 24.3 Å². The number of alkyl halides is 1. The molecule has 0 radical (unpaired) electrons. The Kier molecular flexibility index (Phi) is 5.76. The average molecular weight is 279 g/mol. The lowest BCUT2D eigenvalue weighted by Crippen LogP contribution is -2.07. The summed E-state index contributed by atoms with van der Waals surface area (Å²) in [5.74, 6) is 1.54. The molecule has 1 aliphatic rings. The molecule has 2 rings (SSSR count). The molecular formula is C18H27Cl. The molecule has 1 aliphatic carbocycles. The number of hydrogen-bond acceptors (Lipinski definition) is 0. The Morgan fingerprint density at radius 2 is 1.58 bits per heavy atom. The summed E-state index contributed by atoms with van der Waals surface area (Å²) in [5.41, 5.74) is 2.70. The van der Waals surface area contributed by atoms with Crippen molar-refractivity contribution >= 4 is 11.6 Å². The standard InChI is InChI=1S/C18H27Cl/c1-14(2)16-9-11-17(12-10-16)18(19)13-8-15-6-4-3-5-7-15/h9-12,14-15,18H,3-8,13H2,1-2H3. The normalized spacial score (nSPS) is 18.7. The third-order valence-corrected chi connectivity index (χ3v) is 4.99. The second-order valence-corrected chi connectivity index (χ2v) is 6.90. The van der Waals surface area contributed by atoms with E-state index in [4.69, 9.17) is 11.6 Å². The lowest BCUT2D eigenvalue weighted by Gasteiger charge is -2.22. The quantitative estimate of drug-likeness (QED) is 0.543. The molecule has 0 nitrogen and oxygen atoms in total. The van der Waals surface area contributed by atoms with Crippen LogP contribution in [0.3, 0.4) is 0 Å². The summed E-state index contributed by atoms with van der Waals surface area (Å²) in [4.78, 5) is 0. The predicted octanol–water partition coefficient (Wildman–Crippen LogP) is 6.45. The molecule has 0 spiro atoms. The summed E-state index contributed by atoms with van der Waals surface area (Å²) in [6, 6.07) is 8.90. The van der Waals surface area contributed by atoms with Crippen LogP contribution in [0.2, 0.25) is 0 Å². The lowest BCUT2D eigenvalue weighted by atomic mass is 9.85. The maximum absolute atomic E-state index is 6.56. The van der Waals surface area contributed by atoms with Crippen LogP contribution in [0.5, 0.6) is 0 Å². The summed E-state index contributed by atoms with van der Waals surface area (Å²) < 4.78 is 0. The summed E-state index contributed by atoms with van der Waals surface area (Å²) in [7, 11) is 0. The van der Waals surface area contributed by atoms with Crippen molar-refractivity contribution in [1.29, 1.82) is 0 Å². The molecule has 0 aromatic heterocycles. The van der Waals surface area contributed by atoms with E-state index >= 15 is 0 Å². The fraction of sp³-hybridized carbons (Fsp3) is 0.667.